The van der Waals surface area contributed by atoms with Crippen LogP contribution >= 0.6 is 0 Å². The Bertz CT molecular complexity index is 1110. The lowest BCUT2D eigenvalue weighted by Crippen LogP contribution is -2.38. The van der Waals surface area contributed by atoms with Gasteiger partial charge in [0.2, 0.25) is 0 Å². The predicted molar refractivity (Wildman–Crippen MR) is 152 cm³/mol. The Morgan fingerprint density at radius 3 is 2.13 bits per heavy atom. The van der Waals surface area contributed by atoms with Gasteiger partial charge in [0.15, 0.2) is 0 Å². The number of morpholine rings is 2. The van der Waals surface area contributed by atoms with E-state index in [9.17, 15) is 0 Å². The number of hydrogen-bond acceptors (Lipinski definition) is 7. The molecule has 2 aliphatic rings. The van der Waals surface area contributed by atoms with Crippen molar-refractivity contribution in [3.8, 4) is 11.5 Å². The number of anilines is 2. The van der Waals surface area contributed by atoms with Crippen molar-refractivity contribution >= 4 is 11.4 Å². The first-order valence-corrected chi connectivity index (χ1v) is 13.6. The second kappa shape index (κ2) is 13.5. The number of ether oxygens (including phenoxy) is 4. The number of benzene rings is 3. The molecule has 0 spiro atoms. The van der Waals surface area contributed by atoms with E-state index >= 15 is 0 Å². The number of rotatable bonds is 11. The van der Waals surface area contributed by atoms with E-state index in [0.29, 0.717) is 6.61 Å². The smallest absolute Gasteiger partial charge is 0.119 e. The van der Waals surface area contributed by atoms with Crippen LogP contribution in [0.25, 0.3) is 0 Å². The highest BCUT2D eigenvalue weighted by Crippen LogP contribution is 2.26. The van der Waals surface area contributed by atoms with Crippen molar-refractivity contribution in [2.45, 2.75) is 13.1 Å². The summed E-state index contributed by atoms with van der Waals surface area (Å²) in [5, 5.41) is 0. The topological polar surface area (TPSA) is 46.6 Å². The molecule has 3 aromatic carbocycles. The maximum atomic E-state index is 6.05. The van der Waals surface area contributed by atoms with Gasteiger partial charge in [-0.25, -0.2) is 0 Å². The third-order valence-electron chi connectivity index (χ3n) is 7.18. The molecule has 0 bridgehead atoms. The van der Waals surface area contributed by atoms with Gasteiger partial charge in [-0.2, -0.15) is 0 Å². The van der Waals surface area contributed by atoms with Gasteiger partial charge in [0.1, 0.15) is 18.1 Å². The molecule has 7 heteroatoms. The largest absolute Gasteiger partial charge is 0.497 e. The molecule has 5 rings (SSSR count). The maximum absolute atomic E-state index is 6.05. The van der Waals surface area contributed by atoms with Crippen molar-refractivity contribution in [2.24, 2.45) is 0 Å². The van der Waals surface area contributed by atoms with Gasteiger partial charge in [-0.3, -0.25) is 4.90 Å². The zero-order valence-electron chi connectivity index (χ0n) is 22.4. The lowest BCUT2D eigenvalue weighted by atomic mass is 10.1. The maximum Gasteiger partial charge on any atom is 0.119 e. The van der Waals surface area contributed by atoms with E-state index in [2.05, 4.69) is 81.4 Å². The molecule has 2 aliphatic heterocycles. The summed E-state index contributed by atoms with van der Waals surface area (Å²) >= 11 is 0. The first-order valence-electron chi connectivity index (χ1n) is 13.6. The Balaban J connectivity index is 1.26. The summed E-state index contributed by atoms with van der Waals surface area (Å²) in [5.41, 5.74) is 4.90. The van der Waals surface area contributed by atoms with Gasteiger partial charge >= 0.3 is 0 Å². The van der Waals surface area contributed by atoms with Crippen LogP contribution in [0.4, 0.5) is 11.4 Å². The minimum Gasteiger partial charge on any atom is -0.497 e. The van der Waals surface area contributed by atoms with Gasteiger partial charge in [-0.05, 0) is 59.7 Å². The van der Waals surface area contributed by atoms with Crippen molar-refractivity contribution in [1.29, 1.82) is 0 Å². The van der Waals surface area contributed by atoms with E-state index < -0.39 is 0 Å². The zero-order valence-corrected chi connectivity index (χ0v) is 22.4. The molecular weight excluding hydrogens is 478 g/mol. The van der Waals surface area contributed by atoms with Crippen LogP contribution < -0.4 is 19.3 Å². The third kappa shape index (κ3) is 7.40. The molecule has 0 unspecified atom stereocenters. The quantitative estimate of drug-likeness (QED) is 0.372. The Labute approximate surface area is 226 Å². The first-order chi connectivity index (χ1) is 18.8. The molecule has 0 radical (unpaired) electrons. The highest BCUT2D eigenvalue weighted by atomic mass is 16.5. The molecule has 2 fully saturated rings. The van der Waals surface area contributed by atoms with Crippen LogP contribution in [0.3, 0.4) is 0 Å². The molecule has 0 atom stereocenters. The van der Waals surface area contributed by atoms with Gasteiger partial charge in [0, 0.05) is 57.2 Å². The van der Waals surface area contributed by atoms with Crippen molar-refractivity contribution in [1.82, 2.24) is 4.90 Å². The van der Waals surface area contributed by atoms with Crippen molar-refractivity contribution in [3.05, 3.63) is 83.9 Å². The molecule has 38 heavy (non-hydrogen) atoms. The van der Waals surface area contributed by atoms with Gasteiger partial charge in [0.05, 0.1) is 33.5 Å². The molecule has 202 valence electrons. The Morgan fingerprint density at radius 1 is 0.737 bits per heavy atom. The van der Waals surface area contributed by atoms with E-state index in [1.54, 1.807) is 7.11 Å². The molecular formula is C31H39N3O4. The Hall–Kier alpha value is -3.26. The second-order valence-corrected chi connectivity index (χ2v) is 9.77. The third-order valence-corrected chi connectivity index (χ3v) is 7.18. The molecule has 3 aromatic rings. The summed E-state index contributed by atoms with van der Waals surface area (Å²) < 4.78 is 22.5. The summed E-state index contributed by atoms with van der Waals surface area (Å²) in [4.78, 5) is 7.17. The van der Waals surface area contributed by atoms with Crippen LogP contribution in [-0.2, 0) is 22.6 Å². The van der Waals surface area contributed by atoms with Crippen LogP contribution in [0.1, 0.15) is 11.1 Å². The predicted octanol–water partition coefficient (Wildman–Crippen LogP) is 4.45. The standard InChI is InChI=1S/C31H39N3O4/c1-35-31-4-2-3-27(23-31)25-34(24-26-5-7-28(8-6-26)33-16-20-37-21-17-33)29-9-11-30(12-10-29)38-22-15-32-13-18-36-19-14-32/h2-12,23H,13-22,24-25H2,1H3. The molecule has 0 amide bonds. The van der Waals surface area contributed by atoms with Gasteiger partial charge in [-0.15, -0.1) is 0 Å². The van der Waals surface area contributed by atoms with Crippen molar-refractivity contribution in [2.75, 3.05) is 82.7 Å². The average molecular weight is 518 g/mol. The summed E-state index contributed by atoms with van der Waals surface area (Å²) in [6.45, 7) is 10.3. The van der Waals surface area contributed by atoms with Crippen LogP contribution in [-0.4, -0.2) is 77.8 Å². The number of hydrogen-bond donors (Lipinski definition) is 0. The minimum atomic E-state index is 0.683. The van der Waals surface area contributed by atoms with Crippen LogP contribution in [0, 0.1) is 0 Å². The van der Waals surface area contributed by atoms with Crippen LogP contribution in [0.15, 0.2) is 72.8 Å². The SMILES string of the molecule is COc1cccc(CN(Cc2ccc(N3CCOCC3)cc2)c2ccc(OCCN3CCOCC3)cc2)c1. The molecule has 0 saturated carbocycles. The van der Waals surface area contributed by atoms with E-state index in [0.717, 1.165) is 89.4 Å². The van der Waals surface area contributed by atoms with Crippen LogP contribution in [0.5, 0.6) is 11.5 Å². The zero-order chi connectivity index (χ0) is 26.0. The summed E-state index contributed by atoms with van der Waals surface area (Å²) in [5.74, 6) is 1.78. The first kappa shape index (κ1) is 26.4. The van der Waals surface area contributed by atoms with E-state index in [1.165, 1.54) is 16.8 Å². The normalized spacial score (nSPS) is 16.3. The molecule has 7 nitrogen and oxygen atoms in total. The van der Waals surface area contributed by atoms with Gasteiger partial charge < -0.3 is 28.7 Å². The summed E-state index contributed by atoms with van der Waals surface area (Å²) in [6.07, 6.45) is 0. The lowest BCUT2D eigenvalue weighted by Gasteiger charge is -2.29. The van der Waals surface area contributed by atoms with E-state index in [-0.39, 0.29) is 0 Å². The summed E-state index contributed by atoms with van der Waals surface area (Å²) in [6, 6.07) is 25.7. The fourth-order valence-corrected chi connectivity index (χ4v) is 4.95. The Kier molecular flexibility index (Phi) is 9.37. The second-order valence-electron chi connectivity index (χ2n) is 9.77. The molecule has 2 heterocycles. The van der Waals surface area contributed by atoms with Gasteiger partial charge in [-0.1, -0.05) is 24.3 Å². The monoisotopic (exact) mass is 517 g/mol. The van der Waals surface area contributed by atoms with Crippen LogP contribution in [0.2, 0.25) is 0 Å². The lowest BCUT2D eigenvalue weighted by molar-refractivity contribution is 0.0322. The number of nitrogens with zero attached hydrogens (tertiary/aromatic N) is 3. The van der Waals surface area contributed by atoms with E-state index in [4.69, 9.17) is 18.9 Å². The molecule has 0 N–H and O–H groups in total. The fraction of sp³-hybridized carbons (Fsp3) is 0.419. The highest BCUT2D eigenvalue weighted by molar-refractivity contribution is 5.52. The number of methoxy groups -OCH3 is 1. The van der Waals surface area contributed by atoms with Gasteiger partial charge in [0.25, 0.3) is 0 Å². The Morgan fingerprint density at radius 2 is 1.42 bits per heavy atom. The molecule has 0 aromatic heterocycles. The van der Waals surface area contributed by atoms with Crippen molar-refractivity contribution in [3.63, 3.8) is 0 Å². The van der Waals surface area contributed by atoms with Crippen molar-refractivity contribution < 1.29 is 18.9 Å². The fourth-order valence-electron chi connectivity index (χ4n) is 4.95. The molecule has 2 saturated heterocycles. The average Bonchev–Trinajstić information content (AvgIpc) is 2.99. The molecule has 0 aliphatic carbocycles. The minimum absolute atomic E-state index is 0.683. The highest BCUT2D eigenvalue weighted by Gasteiger charge is 2.14. The summed E-state index contributed by atoms with van der Waals surface area (Å²) in [7, 11) is 1.71. The van der Waals surface area contributed by atoms with E-state index in [1.807, 2.05) is 6.07 Å².